The van der Waals surface area contributed by atoms with E-state index >= 15 is 0 Å². The fourth-order valence-corrected chi connectivity index (χ4v) is 2.55. The van der Waals surface area contributed by atoms with Gasteiger partial charge in [-0.15, -0.1) is 0 Å². The lowest BCUT2D eigenvalue weighted by Gasteiger charge is -2.32. The summed E-state index contributed by atoms with van der Waals surface area (Å²) in [5.41, 5.74) is -0.0910. The Balaban J connectivity index is 2.28. The van der Waals surface area contributed by atoms with E-state index in [1.165, 1.54) is 19.3 Å². The number of carbonyl (C=O) groups excluding carboxylic acids is 1. The average Bonchev–Trinajstić information content (AvgIpc) is 2.29. The highest BCUT2D eigenvalue weighted by atomic mass is 79.9. The lowest BCUT2D eigenvalue weighted by molar-refractivity contribution is -0.131. The Morgan fingerprint density at radius 2 is 2.00 bits per heavy atom. The molecule has 2 nitrogen and oxygen atoms in total. The minimum atomic E-state index is -0.0910. The minimum absolute atomic E-state index is 0.0910. The second-order valence-electron chi connectivity index (χ2n) is 5.17. The summed E-state index contributed by atoms with van der Waals surface area (Å²) in [6, 6.07) is 0. The van der Waals surface area contributed by atoms with Gasteiger partial charge in [0, 0.05) is 16.8 Å². The molecule has 1 atom stereocenters. The third-order valence-electron chi connectivity index (χ3n) is 3.69. The molecule has 0 saturated heterocycles. The SMILES string of the molecule is CCC(Br)CCNC(=O)C1(C)CCCCC1. The van der Waals surface area contributed by atoms with Gasteiger partial charge in [-0.05, 0) is 25.7 Å². The molecular formula is C13H24BrNO. The second-order valence-corrected chi connectivity index (χ2v) is 6.47. The molecule has 1 unspecified atom stereocenters. The number of carbonyl (C=O) groups is 1. The maximum atomic E-state index is 12.1. The van der Waals surface area contributed by atoms with E-state index in [0.717, 1.165) is 32.2 Å². The van der Waals surface area contributed by atoms with Crippen LogP contribution in [0.25, 0.3) is 0 Å². The Kier molecular flexibility index (Phi) is 5.81. The zero-order chi connectivity index (χ0) is 12.0. The van der Waals surface area contributed by atoms with Crippen molar-refractivity contribution in [1.29, 1.82) is 0 Å². The molecule has 0 aromatic carbocycles. The molecule has 16 heavy (non-hydrogen) atoms. The fraction of sp³-hybridized carbons (Fsp3) is 0.923. The van der Waals surface area contributed by atoms with Crippen molar-refractivity contribution in [1.82, 2.24) is 5.32 Å². The predicted octanol–water partition coefficient (Wildman–Crippen LogP) is 3.64. The first-order chi connectivity index (χ1) is 7.58. The topological polar surface area (TPSA) is 29.1 Å². The molecule has 1 N–H and O–H groups in total. The van der Waals surface area contributed by atoms with Gasteiger partial charge in [0.05, 0.1) is 0 Å². The van der Waals surface area contributed by atoms with Gasteiger partial charge in [-0.2, -0.15) is 0 Å². The first-order valence-corrected chi connectivity index (χ1v) is 7.42. The zero-order valence-electron chi connectivity index (χ0n) is 10.5. The number of nitrogens with one attached hydrogen (secondary N) is 1. The van der Waals surface area contributed by atoms with Crippen LogP contribution in [0.2, 0.25) is 0 Å². The third kappa shape index (κ3) is 4.08. The Bertz CT molecular complexity index is 224. The van der Waals surface area contributed by atoms with E-state index in [4.69, 9.17) is 0 Å². The molecule has 1 rings (SSSR count). The maximum absolute atomic E-state index is 12.1. The molecule has 94 valence electrons. The lowest BCUT2D eigenvalue weighted by Crippen LogP contribution is -2.41. The van der Waals surface area contributed by atoms with Crippen molar-refractivity contribution in [2.75, 3.05) is 6.54 Å². The van der Waals surface area contributed by atoms with Crippen LogP contribution in [0.4, 0.5) is 0 Å². The number of hydrogen-bond acceptors (Lipinski definition) is 1. The fourth-order valence-electron chi connectivity index (χ4n) is 2.32. The summed E-state index contributed by atoms with van der Waals surface area (Å²) in [6.45, 7) is 5.08. The number of amides is 1. The number of rotatable bonds is 5. The molecule has 1 aliphatic rings. The summed E-state index contributed by atoms with van der Waals surface area (Å²) in [6.07, 6.45) is 7.97. The van der Waals surface area contributed by atoms with Crippen LogP contribution in [0.15, 0.2) is 0 Å². The Morgan fingerprint density at radius 1 is 1.38 bits per heavy atom. The first-order valence-electron chi connectivity index (χ1n) is 6.51. The van der Waals surface area contributed by atoms with Crippen LogP contribution in [-0.2, 0) is 4.79 Å². The highest BCUT2D eigenvalue weighted by Crippen LogP contribution is 2.35. The first kappa shape index (κ1) is 14.0. The van der Waals surface area contributed by atoms with E-state index in [2.05, 4.69) is 35.1 Å². The Hall–Kier alpha value is -0.0500. The van der Waals surface area contributed by atoms with Gasteiger partial charge < -0.3 is 5.32 Å². The quantitative estimate of drug-likeness (QED) is 0.770. The lowest BCUT2D eigenvalue weighted by atomic mass is 9.75. The molecular weight excluding hydrogens is 266 g/mol. The van der Waals surface area contributed by atoms with Gasteiger partial charge >= 0.3 is 0 Å². The highest BCUT2D eigenvalue weighted by molar-refractivity contribution is 9.09. The van der Waals surface area contributed by atoms with Crippen molar-refractivity contribution in [2.24, 2.45) is 5.41 Å². The van der Waals surface area contributed by atoms with Gasteiger partial charge in [-0.3, -0.25) is 4.79 Å². The largest absolute Gasteiger partial charge is 0.356 e. The maximum Gasteiger partial charge on any atom is 0.225 e. The second kappa shape index (κ2) is 6.63. The molecule has 0 bridgehead atoms. The molecule has 0 spiro atoms. The minimum Gasteiger partial charge on any atom is -0.356 e. The molecule has 0 aromatic rings. The predicted molar refractivity (Wildman–Crippen MR) is 71.8 cm³/mol. The van der Waals surface area contributed by atoms with Crippen LogP contribution < -0.4 is 5.32 Å². The zero-order valence-corrected chi connectivity index (χ0v) is 12.1. The number of halogens is 1. The molecule has 0 aromatic heterocycles. The van der Waals surface area contributed by atoms with Crippen molar-refractivity contribution < 1.29 is 4.79 Å². The van der Waals surface area contributed by atoms with Gasteiger partial charge in [0.1, 0.15) is 0 Å². The molecule has 0 radical (unpaired) electrons. The molecule has 1 aliphatic carbocycles. The molecule has 0 heterocycles. The standard InChI is InChI=1S/C13H24BrNO/c1-3-11(14)7-10-15-12(16)13(2)8-5-4-6-9-13/h11H,3-10H2,1-2H3,(H,15,16). The van der Waals surface area contributed by atoms with Gasteiger partial charge in [-0.1, -0.05) is 49.0 Å². The summed E-state index contributed by atoms with van der Waals surface area (Å²) < 4.78 is 0. The molecule has 1 saturated carbocycles. The number of hydrogen-bond donors (Lipinski definition) is 1. The van der Waals surface area contributed by atoms with Crippen molar-refractivity contribution >= 4 is 21.8 Å². The van der Waals surface area contributed by atoms with Gasteiger partial charge in [-0.25, -0.2) is 0 Å². The summed E-state index contributed by atoms with van der Waals surface area (Å²) >= 11 is 3.59. The van der Waals surface area contributed by atoms with Crippen LogP contribution in [0.3, 0.4) is 0 Å². The highest BCUT2D eigenvalue weighted by Gasteiger charge is 2.33. The monoisotopic (exact) mass is 289 g/mol. The van der Waals surface area contributed by atoms with E-state index in [1.54, 1.807) is 0 Å². The Morgan fingerprint density at radius 3 is 2.56 bits per heavy atom. The van der Waals surface area contributed by atoms with Crippen LogP contribution in [0.5, 0.6) is 0 Å². The molecule has 3 heteroatoms. The summed E-state index contributed by atoms with van der Waals surface area (Å²) in [5, 5.41) is 3.09. The third-order valence-corrected chi connectivity index (χ3v) is 4.80. The van der Waals surface area contributed by atoms with Gasteiger partial charge in [0.25, 0.3) is 0 Å². The Labute approximate surface area is 108 Å². The van der Waals surface area contributed by atoms with Gasteiger partial charge in [0.2, 0.25) is 5.91 Å². The molecule has 1 amide bonds. The summed E-state index contributed by atoms with van der Waals surface area (Å²) in [7, 11) is 0. The van der Waals surface area contributed by atoms with Crippen LogP contribution in [0.1, 0.15) is 58.8 Å². The van der Waals surface area contributed by atoms with E-state index in [0.29, 0.717) is 4.83 Å². The van der Waals surface area contributed by atoms with Crippen molar-refractivity contribution in [3.8, 4) is 0 Å². The molecule has 0 aliphatic heterocycles. The number of alkyl halides is 1. The van der Waals surface area contributed by atoms with E-state index in [-0.39, 0.29) is 11.3 Å². The molecule has 1 fully saturated rings. The van der Waals surface area contributed by atoms with Crippen LogP contribution in [-0.4, -0.2) is 17.3 Å². The normalized spacial score (nSPS) is 21.4. The van der Waals surface area contributed by atoms with Crippen LogP contribution in [0, 0.1) is 5.41 Å². The van der Waals surface area contributed by atoms with Crippen molar-refractivity contribution in [3.05, 3.63) is 0 Å². The summed E-state index contributed by atoms with van der Waals surface area (Å²) in [5.74, 6) is 0.267. The van der Waals surface area contributed by atoms with Gasteiger partial charge in [0.15, 0.2) is 0 Å². The van der Waals surface area contributed by atoms with Crippen LogP contribution >= 0.6 is 15.9 Å². The smallest absolute Gasteiger partial charge is 0.225 e. The average molecular weight is 290 g/mol. The summed E-state index contributed by atoms with van der Waals surface area (Å²) in [4.78, 5) is 12.6. The van der Waals surface area contributed by atoms with Crippen molar-refractivity contribution in [3.63, 3.8) is 0 Å². The van der Waals surface area contributed by atoms with E-state index < -0.39 is 0 Å². The van der Waals surface area contributed by atoms with E-state index in [1.807, 2.05) is 0 Å². The van der Waals surface area contributed by atoms with E-state index in [9.17, 15) is 4.79 Å². The van der Waals surface area contributed by atoms with Crippen molar-refractivity contribution in [2.45, 2.75) is 63.6 Å².